The number of carbonyl (C=O) groups excluding carboxylic acids is 1. The van der Waals surface area contributed by atoms with Gasteiger partial charge in [-0.2, -0.15) is 0 Å². The third-order valence-corrected chi connectivity index (χ3v) is 12.7. The second-order valence-electron chi connectivity index (χ2n) is 18.6. The second-order valence-corrected chi connectivity index (χ2v) is 18.6. The Morgan fingerprint density at radius 2 is 0.695 bits per heavy atom. The van der Waals surface area contributed by atoms with E-state index in [0.717, 1.165) is 38.5 Å². The van der Waals surface area contributed by atoms with Gasteiger partial charge in [-0.1, -0.05) is 264 Å². The van der Waals surface area contributed by atoms with E-state index in [0.29, 0.717) is 12.8 Å². The molecule has 0 heterocycles. The van der Waals surface area contributed by atoms with E-state index < -0.39 is 36.9 Å². The normalized spacial score (nSPS) is 13.9. The molecule has 0 aromatic rings. The summed E-state index contributed by atoms with van der Waals surface area (Å²) in [5.74, 6) is -0.588. The van der Waals surface area contributed by atoms with Gasteiger partial charge in [0, 0.05) is 0 Å². The van der Waals surface area contributed by atoms with Crippen LogP contribution in [-0.2, 0) is 4.79 Å². The van der Waals surface area contributed by atoms with Crippen molar-refractivity contribution in [3.05, 3.63) is 12.2 Å². The minimum atomic E-state index is -1.28. The maximum Gasteiger partial charge on any atom is 0.249 e. The Kier molecular flexibility index (Phi) is 47.3. The zero-order valence-corrected chi connectivity index (χ0v) is 39.8. The lowest BCUT2D eigenvalue weighted by Crippen LogP contribution is -2.53. The number of hydrogen-bond donors (Lipinski definition) is 5. The van der Waals surface area contributed by atoms with Crippen LogP contribution in [-0.4, -0.2) is 57.3 Å². The Labute approximate surface area is 368 Å². The fourth-order valence-electron chi connectivity index (χ4n) is 8.53. The van der Waals surface area contributed by atoms with E-state index in [2.05, 4.69) is 31.3 Å². The van der Waals surface area contributed by atoms with Crippen LogP contribution in [0.4, 0.5) is 0 Å². The van der Waals surface area contributed by atoms with Crippen molar-refractivity contribution in [1.29, 1.82) is 0 Å². The number of nitrogens with one attached hydrogen (secondary N) is 1. The molecule has 0 spiro atoms. The molecule has 0 aliphatic carbocycles. The first kappa shape index (κ1) is 58.0. The summed E-state index contributed by atoms with van der Waals surface area (Å²) in [5.41, 5.74) is 0. The highest BCUT2D eigenvalue weighted by atomic mass is 16.3. The van der Waals surface area contributed by atoms with Gasteiger partial charge in [0.2, 0.25) is 5.91 Å². The molecule has 0 aromatic carbocycles. The lowest BCUT2D eigenvalue weighted by molar-refractivity contribution is -0.132. The van der Waals surface area contributed by atoms with Gasteiger partial charge in [0.15, 0.2) is 0 Å². The van der Waals surface area contributed by atoms with Crippen LogP contribution in [0.1, 0.15) is 290 Å². The van der Waals surface area contributed by atoms with Crippen LogP contribution >= 0.6 is 0 Å². The quantitative estimate of drug-likeness (QED) is 0.0310. The van der Waals surface area contributed by atoms with E-state index in [1.54, 1.807) is 0 Å². The molecule has 352 valence electrons. The molecule has 5 N–H and O–H groups in total. The van der Waals surface area contributed by atoms with Crippen molar-refractivity contribution in [2.45, 2.75) is 314 Å². The highest BCUT2D eigenvalue weighted by Gasteiger charge is 2.28. The van der Waals surface area contributed by atoms with Gasteiger partial charge in [-0.25, -0.2) is 0 Å². The largest absolute Gasteiger partial charge is 0.394 e. The van der Waals surface area contributed by atoms with Crippen LogP contribution < -0.4 is 5.32 Å². The zero-order valence-electron chi connectivity index (χ0n) is 39.8. The predicted molar refractivity (Wildman–Crippen MR) is 256 cm³/mol. The molecule has 0 fully saturated rings. The Balaban J connectivity index is 3.66. The first-order valence-corrected chi connectivity index (χ1v) is 26.6. The molecule has 0 aliphatic rings. The third kappa shape index (κ3) is 42.1. The average Bonchev–Trinajstić information content (AvgIpc) is 3.24. The van der Waals surface area contributed by atoms with E-state index in [9.17, 15) is 25.2 Å². The number of rotatable bonds is 49. The third-order valence-electron chi connectivity index (χ3n) is 12.7. The molecule has 0 aromatic heterocycles. The van der Waals surface area contributed by atoms with Gasteiger partial charge in [-0.3, -0.25) is 4.79 Å². The molecule has 0 bridgehead atoms. The molecule has 0 aliphatic heterocycles. The molecular weight excluding hydrogens is 731 g/mol. The summed E-state index contributed by atoms with van der Waals surface area (Å²) >= 11 is 0. The maximum atomic E-state index is 12.6. The van der Waals surface area contributed by atoms with Crippen molar-refractivity contribution in [1.82, 2.24) is 5.32 Å². The van der Waals surface area contributed by atoms with Gasteiger partial charge >= 0.3 is 0 Å². The lowest BCUT2D eigenvalue weighted by Gasteiger charge is -2.27. The summed E-state index contributed by atoms with van der Waals surface area (Å²) in [4.78, 5) is 12.6. The van der Waals surface area contributed by atoms with Crippen molar-refractivity contribution >= 4 is 5.91 Å². The highest BCUT2D eigenvalue weighted by Crippen LogP contribution is 2.18. The number of amides is 1. The second kappa shape index (κ2) is 48.1. The highest BCUT2D eigenvalue weighted by molar-refractivity contribution is 5.80. The number of hydrogen-bond acceptors (Lipinski definition) is 5. The Hall–Kier alpha value is -0.950. The Morgan fingerprint density at radius 1 is 0.407 bits per heavy atom. The minimum Gasteiger partial charge on any atom is -0.394 e. The molecule has 59 heavy (non-hydrogen) atoms. The number of aliphatic hydroxyl groups excluding tert-OH is 4. The first-order chi connectivity index (χ1) is 29.0. The molecule has 0 saturated heterocycles. The maximum absolute atomic E-state index is 12.6. The predicted octanol–water partition coefficient (Wildman–Crippen LogP) is 14.9. The van der Waals surface area contributed by atoms with E-state index in [4.69, 9.17) is 0 Å². The van der Waals surface area contributed by atoms with Gasteiger partial charge in [-0.15, -0.1) is 0 Å². The molecule has 1 amide bonds. The van der Waals surface area contributed by atoms with Crippen LogP contribution in [0.15, 0.2) is 12.2 Å². The Morgan fingerprint density at radius 3 is 1.02 bits per heavy atom. The molecular formula is C53H105NO5. The summed E-state index contributed by atoms with van der Waals surface area (Å²) in [5, 5.41) is 43.9. The van der Waals surface area contributed by atoms with Crippen LogP contribution in [0.3, 0.4) is 0 Å². The van der Waals surface area contributed by atoms with Crippen molar-refractivity contribution in [2.24, 2.45) is 0 Å². The molecule has 0 radical (unpaired) electrons. The standard InChI is InChI=1S/C53H105NO5/c1-3-5-7-9-11-13-15-17-19-21-23-24-25-26-27-29-30-32-34-36-38-40-42-44-46-50(56)52(58)49(48-55)54-53(59)51(57)47-45-43-41-39-37-35-33-31-28-22-20-18-16-14-12-10-8-6-4-2/h38,40,49-52,55-58H,3-37,39,41-48H2,1-2H3,(H,54,59)/b40-38+. The van der Waals surface area contributed by atoms with Crippen LogP contribution in [0.2, 0.25) is 0 Å². The lowest BCUT2D eigenvalue weighted by atomic mass is 10.00. The van der Waals surface area contributed by atoms with E-state index in [-0.39, 0.29) is 0 Å². The molecule has 0 saturated carbocycles. The topological polar surface area (TPSA) is 110 Å². The van der Waals surface area contributed by atoms with Gasteiger partial charge in [0.25, 0.3) is 0 Å². The Bertz CT molecular complexity index is 852. The summed E-state index contributed by atoms with van der Waals surface area (Å²) < 4.78 is 0. The van der Waals surface area contributed by atoms with Crippen molar-refractivity contribution in [3.63, 3.8) is 0 Å². The summed E-state index contributed by atoms with van der Waals surface area (Å²) in [6, 6.07) is -0.998. The smallest absolute Gasteiger partial charge is 0.249 e. The van der Waals surface area contributed by atoms with Gasteiger partial charge in [0.1, 0.15) is 12.2 Å². The fraction of sp³-hybridized carbons (Fsp3) is 0.943. The van der Waals surface area contributed by atoms with Gasteiger partial charge < -0.3 is 25.7 Å². The summed E-state index contributed by atoms with van der Waals surface area (Å²) in [6.07, 6.45) is 55.6. The van der Waals surface area contributed by atoms with E-state index in [1.165, 1.54) is 225 Å². The minimum absolute atomic E-state index is 0.368. The van der Waals surface area contributed by atoms with E-state index >= 15 is 0 Å². The average molecular weight is 836 g/mol. The number of unbranched alkanes of at least 4 members (excludes halogenated alkanes) is 38. The van der Waals surface area contributed by atoms with Crippen LogP contribution in [0, 0.1) is 0 Å². The van der Waals surface area contributed by atoms with Gasteiger partial charge in [-0.05, 0) is 38.5 Å². The van der Waals surface area contributed by atoms with E-state index in [1.807, 2.05) is 0 Å². The molecule has 6 heteroatoms. The van der Waals surface area contributed by atoms with Crippen molar-refractivity contribution < 1.29 is 25.2 Å². The molecule has 0 rings (SSSR count). The molecule has 6 nitrogen and oxygen atoms in total. The summed E-state index contributed by atoms with van der Waals surface area (Å²) in [7, 11) is 0. The van der Waals surface area contributed by atoms with Crippen molar-refractivity contribution in [3.8, 4) is 0 Å². The zero-order chi connectivity index (χ0) is 43.1. The molecule has 4 unspecified atom stereocenters. The van der Waals surface area contributed by atoms with Gasteiger partial charge in [0.05, 0.1) is 18.8 Å². The first-order valence-electron chi connectivity index (χ1n) is 26.6. The molecule has 4 atom stereocenters. The van der Waals surface area contributed by atoms with Crippen LogP contribution in [0.25, 0.3) is 0 Å². The number of carbonyl (C=O) groups is 1. The summed E-state index contributed by atoms with van der Waals surface area (Å²) in [6.45, 7) is 4.08. The van der Waals surface area contributed by atoms with Crippen molar-refractivity contribution in [2.75, 3.05) is 6.61 Å². The number of aliphatic hydroxyl groups is 4. The SMILES string of the molecule is CCCCCCCCCCCCCCCCCCCCC/C=C/CCCC(O)C(O)C(CO)NC(=O)C(O)CCCCCCCCCCCCCCCCCCCCC. The number of allylic oxidation sites excluding steroid dienone is 2. The van der Waals surface area contributed by atoms with Crippen LogP contribution in [0.5, 0.6) is 0 Å². The monoisotopic (exact) mass is 836 g/mol. The fourth-order valence-corrected chi connectivity index (χ4v) is 8.53.